The minimum atomic E-state index is -0.207. The zero-order chi connectivity index (χ0) is 14.7. The SMILES string of the molecule is CCC(C(=O)OC)c1ccc(N(C)C)c2ccccc12. The summed E-state index contributed by atoms with van der Waals surface area (Å²) in [5.74, 6) is -0.378. The van der Waals surface area contributed by atoms with E-state index in [9.17, 15) is 4.79 Å². The lowest BCUT2D eigenvalue weighted by atomic mass is 9.91. The molecular formula is C17H21NO2. The van der Waals surface area contributed by atoms with Gasteiger partial charge in [-0.1, -0.05) is 37.3 Å². The van der Waals surface area contributed by atoms with Crippen LogP contribution in [0.3, 0.4) is 0 Å². The van der Waals surface area contributed by atoms with Gasteiger partial charge >= 0.3 is 5.97 Å². The highest BCUT2D eigenvalue weighted by Crippen LogP contribution is 2.34. The van der Waals surface area contributed by atoms with Crippen LogP contribution < -0.4 is 4.90 Å². The van der Waals surface area contributed by atoms with Crippen LogP contribution in [-0.2, 0) is 9.53 Å². The summed E-state index contributed by atoms with van der Waals surface area (Å²) in [5, 5.41) is 2.29. The second-order valence-corrected chi connectivity index (χ2v) is 5.10. The van der Waals surface area contributed by atoms with Crippen LogP contribution >= 0.6 is 0 Å². The number of benzene rings is 2. The van der Waals surface area contributed by atoms with Crippen molar-refractivity contribution in [3.05, 3.63) is 42.0 Å². The van der Waals surface area contributed by atoms with E-state index in [4.69, 9.17) is 4.74 Å². The van der Waals surface area contributed by atoms with E-state index >= 15 is 0 Å². The predicted molar refractivity (Wildman–Crippen MR) is 83.3 cm³/mol. The minimum absolute atomic E-state index is 0.171. The summed E-state index contributed by atoms with van der Waals surface area (Å²) < 4.78 is 4.93. The molecule has 0 aliphatic rings. The van der Waals surface area contributed by atoms with Crippen molar-refractivity contribution in [3.8, 4) is 0 Å². The highest BCUT2D eigenvalue weighted by atomic mass is 16.5. The van der Waals surface area contributed by atoms with Gasteiger partial charge in [0.2, 0.25) is 0 Å². The molecule has 3 heteroatoms. The number of rotatable bonds is 4. The number of carbonyl (C=O) groups excluding carboxylic acids is 1. The second kappa shape index (κ2) is 5.95. The van der Waals surface area contributed by atoms with Gasteiger partial charge < -0.3 is 9.64 Å². The number of fused-ring (bicyclic) bond motifs is 1. The molecule has 0 bridgehead atoms. The van der Waals surface area contributed by atoms with E-state index < -0.39 is 0 Å². The standard InChI is InChI=1S/C17H21NO2/c1-5-12(17(19)20-4)14-10-11-16(18(2)3)15-9-7-6-8-13(14)15/h6-12H,5H2,1-4H3. The van der Waals surface area contributed by atoms with Crippen molar-refractivity contribution in [1.29, 1.82) is 0 Å². The van der Waals surface area contributed by atoms with Crippen molar-refractivity contribution in [2.75, 3.05) is 26.1 Å². The zero-order valence-corrected chi connectivity index (χ0v) is 12.5. The molecule has 2 aromatic carbocycles. The molecule has 1 unspecified atom stereocenters. The van der Waals surface area contributed by atoms with Gasteiger partial charge in [0.15, 0.2) is 0 Å². The molecule has 20 heavy (non-hydrogen) atoms. The molecular weight excluding hydrogens is 250 g/mol. The third kappa shape index (κ3) is 2.48. The van der Waals surface area contributed by atoms with E-state index in [1.165, 1.54) is 7.11 Å². The summed E-state index contributed by atoms with van der Waals surface area (Å²) >= 11 is 0. The summed E-state index contributed by atoms with van der Waals surface area (Å²) in [7, 11) is 5.50. The maximum absolute atomic E-state index is 12.0. The minimum Gasteiger partial charge on any atom is -0.469 e. The van der Waals surface area contributed by atoms with Gasteiger partial charge in [0.25, 0.3) is 0 Å². The van der Waals surface area contributed by atoms with Crippen LogP contribution in [0.2, 0.25) is 0 Å². The average Bonchev–Trinajstić information content (AvgIpc) is 2.47. The number of esters is 1. The number of hydrogen-bond donors (Lipinski definition) is 0. The monoisotopic (exact) mass is 271 g/mol. The Morgan fingerprint density at radius 2 is 1.80 bits per heavy atom. The van der Waals surface area contributed by atoms with Crippen LogP contribution in [0.4, 0.5) is 5.69 Å². The number of methoxy groups -OCH3 is 1. The molecule has 0 fully saturated rings. The smallest absolute Gasteiger partial charge is 0.313 e. The van der Waals surface area contributed by atoms with E-state index in [0.29, 0.717) is 0 Å². The quantitative estimate of drug-likeness (QED) is 0.796. The first-order valence-electron chi connectivity index (χ1n) is 6.87. The molecule has 2 aromatic rings. The molecule has 0 aliphatic heterocycles. The average molecular weight is 271 g/mol. The first-order valence-corrected chi connectivity index (χ1v) is 6.87. The number of hydrogen-bond acceptors (Lipinski definition) is 3. The van der Waals surface area contributed by atoms with E-state index in [1.807, 2.05) is 39.2 Å². The van der Waals surface area contributed by atoms with Crippen molar-refractivity contribution in [3.63, 3.8) is 0 Å². The molecule has 0 radical (unpaired) electrons. The zero-order valence-electron chi connectivity index (χ0n) is 12.5. The molecule has 0 heterocycles. The lowest BCUT2D eigenvalue weighted by molar-refractivity contribution is -0.142. The van der Waals surface area contributed by atoms with E-state index in [0.717, 1.165) is 28.4 Å². The topological polar surface area (TPSA) is 29.5 Å². The largest absolute Gasteiger partial charge is 0.469 e. The fraction of sp³-hybridized carbons (Fsp3) is 0.353. The molecule has 0 N–H and O–H groups in total. The van der Waals surface area contributed by atoms with Crippen LogP contribution in [0.25, 0.3) is 10.8 Å². The third-order valence-electron chi connectivity index (χ3n) is 3.69. The highest BCUT2D eigenvalue weighted by molar-refractivity contribution is 5.98. The van der Waals surface area contributed by atoms with Gasteiger partial charge in [-0.25, -0.2) is 0 Å². The van der Waals surface area contributed by atoms with Crippen molar-refractivity contribution in [2.45, 2.75) is 19.3 Å². The molecule has 1 atom stereocenters. The van der Waals surface area contributed by atoms with Gasteiger partial charge in [-0.15, -0.1) is 0 Å². The second-order valence-electron chi connectivity index (χ2n) is 5.10. The Balaban J connectivity index is 2.66. The number of nitrogens with zero attached hydrogens (tertiary/aromatic N) is 1. The van der Waals surface area contributed by atoms with Gasteiger partial charge in [-0.3, -0.25) is 4.79 Å². The summed E-state index contributed by atoms with van der Waals surface area (Å²) in [4.78, 5) is 14.1. The number of ether oxygens (including phenoxy) is 1. The van der Waals surface area contributed by atoms with Crippen LogP contribution in [0.5, 0.6) is 0 Å². The summed E-state index contributed by atoms with van der Waals surface area (Å²) in [5.41, 5.74) is 2.20. The van der Waals surface area contributed by atoms with Gasteiger partial charge in [-0.2, -0.15) is 0 Å². The van der Waals surface area contributed by atoms with E-state index in [1.54, 1.807) is 0 Å². The van der Waals surface area contributed by atoms with Gasteiger partial charge in [0.1, 0.15) is 0 Å². The molecule has 0 aliphatic carbocycles. The fourth-order valence-electron chi connectivity index (χ4n) is 2.66. The normalized spacial score (nSPS) is 12.2. The number of anilines is 1. The Morgan fingerprint density at radius 3 is 2.35 bits per heavy atom. The molecule has 106 valence electrons. The van der Waals surface area contributed by atoms with Crippen LogP contribution in [0.15, 0.2) is 36.4 Å². The van der Waals surface area contributed by atoms with Crippen molar-refractivity contribution in [2.24, 2.45) is 0 Å². The van der Waals surface area contributed by atoms with Crippen molar-refractivity contribution < 1.29 is 9.53 Å². The molecule has 0 saturated heterocycles. The first kappa shape index (κ1) is 14.4. The molecule has 2 rings (SSSR count). The Hall–Kier alpha value is -2.03. The van der Waals surface area contributed by atoms with Crippen molar-refractivity contribution in [1.82, 2.24) is 0 Å². The van der Waals surface area contributed by atoms with Crippen LogP contribution in [0, 0.1) is 0 Å². The fourth-order valence-corrected chi connectivity index (χ4v) is 2.66. The lowest BCUT2D eigenvalue weighted by Crippen LogP contribution is -2.15. The Bertz CT molecular complexity index is 619. The van der Waals surface area contributed by atoms with Crippen LogP contribution in [0.1, 0.15) is 24.8 Å². The van der Waals surface area contributed by atoms with Gasteiger partial charge in [-0.05, 0) is 23.4 Å². The Kier molecular flexibility index (Phi) is 4.28. The first-order chi connectivity index (χ1) is 9.60. The molecule has 0 saturated carbocycles. The maximum atomic E-state index is 12.0. The van der Waals surface area contributed by atoms with Crippen molar-refractivity contribution >= 4 is 22.4 Å². The van der Waals surface area contributed by atoms with E-state index in [-0.39, 0.29) is 11.9 Å². The molecule has 0 aromatic heterocycles. The third-order valence-corrected chi connectivity index (χ3v) is 3.69. The maximum Gasteiger partial charge on any atom is 0.313 e. The van der Waals surface area contributed by atoms with E-state index in [2.05, 4.69) is 23.1 Å². The van der Waals surface area contributed by atoms with Gasteiger partial charge in [0.05, 0.1) is 13.0 Å². The Labute approximate surface area is 120 Å². The summed E-state index contributed by atoms with van der Waals surface area (Å²) in [6, 6.07) is 12.3. The van der Waals surface area contributed by atoms with Crippen LogP contribution in [-0.4, -0.2) is 27.2 Å². The summed E-state index contributed by atoms with van der Waals surface area (Å²) in [6.45, 7) is 2.01. The van der Waals surface area contributed by atoms with Gasteiger partial charge in [0, 0.05) is 25.2 Å². The molecule has 3 nitrogen and oxygen atoms in total. The Morgan fingerprint density at radius 1 is 1.15 bits per heavy atom. The summed E-state index contributed by atoms with van der Waals surface area (Å²) in [6.07, 6.45) is 0.734. The molecule has 0 amide bonds. The lowest BCUT2D eigenvalue weighted by Gasteiger charge is -2.20. The number of carbonyl (C=O) groups is 1. The highest BCUT2D eigenvalue weighted by Gasteiger charge is 2.22. The predicted octanol–water partition coefficient (Wildman–Crippen LogP) is 3.57. The molecule has 0 spiro atoms.